The van der Waals surface area contributed by atoms with Crippen molar-refractivity contribution in [3.8, 4) is 17.3 Å². The average molecular weight is 398 g/mol. The number of rotatable bonds is 5. The molecule has 0 atom stereocenters. The number of nitrogen functional groups attached to an aromatic ring is 1. The maximum Gasteiger partial charge on any atom is 0.251 e. The number of methoxy groups -OCH3 is 1. The van der Waals surface area contributed by atoms with Gasteiger partial charge in [-0.1, -0.05) is 18.2 Å². The van der Waals surface area contributed by atoms with E-state index >= 15 is 0 Å². The molecule has 9 heteroatoms. The summed E-state index contributed by atoms with van der Waals surface area (Å²) in [5.41, 5.74) is 7.71. The van der Waals surface area contributed by atoms with Crippen molar-refractivity contribution in [3.63, 3.8) is 0 Å². The van der Waals surface area contributed by atoms with Crippen molar-refractivity contribution in [2.75, 3.05) is 12.8 Å². The van der Waals surface area contributed by atoms with Gasteiger partial charge in [-0.05, 0) is 41.9 Å². The third-order valence-corrected chi connectivity index (χ3v) is 4.36. The second-order valence-corrected chi connectivity index (χ2v) is 6.35. The van der Waals surface area contributed by atoms with Gasteiger partial charge in [0.05, 0.1) is 7.11 Å². The van der Waals surface area contributed by atoms with Crippen molar-refractivity contribution >= 4 is 29.0 Å². The fourth-order valence-corrected chi connectivity index (χ4v) is 2.95. The molecule has 142 valence electrons. The molecule has 0 aliphatic rings. The molecule has 0 radical (unpaired) electrons. The predicted molar refractivity (Wildman–Crippen MR) is 104 cm³/mol. The number of nitrogens with two attached hydrogens (primary N) is 1. The van der Waals surface area contributed by atoms with Crippen molar-refractivity contribution in [3.05, 3.63) is 64.9 Å². The van der Waals surface area contributed by atoms with E-state index in [9.17, 15) is 4.79 Å². The molecule has 4 rings (SSSR count). The molecule has 0 saturated carbocycles. The fraction of sp³-hybridized carbons (Fsp3) is 0.105. The molecule has 0 fully saturated rings. The lowest BCUT2D eigenvalue weighted by molar-refractivity contribution is 0.0950. The number of nitrogens with zero attached hydrogens (tertiary/aromatic N) is 3. The number of hydrogen-bond acceptors (Lipinski definition) is 6. The summed E-state index contributed by atoms with van der Waals surface area (Å²) in [6, 6.07) is 13.9. The summed E-state index contributed by atoms with van der Waals surface area (Å²) >= 11 is 5.80. The normalized spacial score (nSPS) is 10.9. The molecule has 3 N–H and O–H groups in total. The van der Waals surface area contributed by atoms with Crippen molar-refractivity contribution in [2.45, 2.75) is 6.54 Å². The summed E-state index contributed by atoms with van der Waals surface area (Å²) in [6.45, 7) is 0.316. The van der Waals surface area contributed by atoms with Crippen LogP contribution in [0.1, 0.15) is 15.9 Å². The molecule has 0 bridgehead atoms. The van der Waals surface area contributed by atoms with E-state index in [1.54, 1.807) is 25.3 Å². The Kier molecular flexibility index (Phi) is 4.62. The summed E-state index contributed by atoms with van der Waals surface area (Å²) < 4.78 is 12.0. The van der Waals surface area contributed by atoms with Gasteiger partial charge in [-0.3, -0.25) is 4.79 Å². The number of halogens is 1. The number of hydrogen-bond donors (Lipinski definition) is 2. The van der Waals surface area contributed by atoms with E-state index in [4.69, 9.17) is 26.5 Å². The lowest BCUT2D eigenvalue weighted by atomic mass is 10.2. The first-order valence-corrected chi connectivity index (χ1v) is 8.75. The Balaban J connectivity index is 1.59. The van der Waals surface area contributed by atoms with E-state index in [1.165, 1.54) is 10.6 Å². The Labute approximate surface area is 164 Å². The fourth-order valence-electron chi connectivity index (χ4n) is 2.81. The maximum absolute atomic E-state index is 12.6. The van der Waals surface area contributed by atoms with E-state index in [-0.39, 0.29) is 16.9 Å². The number of pyridine rings is 1. The highest BCUT2D eigenvalue weighted by molar-refractivity contribution is 6.28. The van der Waals surface area contributed by atoms with Gasteiger partial charge >= 0.3 is 0 Å². The van der Waals surface area contributed by atoms with Gasteiger partial charge < -0.3 is 20.2 Å². The van der Waals surface area contributed by atoms with Gasteiger partial charge in [-0.25, -0.2) is 4.98 Å². The van der Waals surface area contributed by atoms with Crippen LogP contribution in [0, 0.1) is 0 Å². The van der Waals surface area contributed by atoms with Crippen molar-refractivity contribution in [2.24, 2.45) is 0 Å². The van der Waals surface area contributed by atoms with E-state index in [1.807, 2.05) is 24.3 Å². The standard InChI is InChI=1S/C19H16ClN5O3/c1-27-13-5-3-2-4-11(13)10-22-19(26)12-8-16(21)25-17(9-12)23-18(24-25)14-6-7-15(20)28-14/h2-9H,10,21H2,1H3,(H,22,26). The number of fused-ring (bicyclic) bond motifs is 1. The minimum Gasteiger partial charge on any atom is -0.496 e. The van der Waals surface area contributed by atoms with Crippen LogP contribution < -0.4 is 15.8 Å². The molecule has 1 amide bonds. The molecule has 3 aromatic heterocycles. The second kappa shape index (κ2) is 7.24. The first kappa shape index (κ1) is 17.9. The minimum absolute atomic E-state index is 0.234. The van der Waals surface area contributed by atoms with Gasteiger partial charge in [0, 0.05) is 17.7 Å². The summed E-state index contributed by atoms with van der Waals surface area (Å²) in [6.07, 6.45) is 0. The number of ether oxygens (including phenoxy) is 1. The Morgan fingerprint density at radius 3 is 2.86 bits per heavy atom. The maximum atomic E-state index is 12.6. The Bertz CT molecular complexity index is 1170. The van der Waals surface area contributed by atoms with Crippen LogP contribution in [0.5, 0.6) is 5.75 Å². The van der Waals surface area contributed by atoms with Gasteiger partial charge in [0.15, 0.2) is 16.6 Å². The molecule has 3 heterocycles. The number of para-hydroxylation sites is 1. The van der Waals surface area contributed by atoms with Gasteiger partial charge in [0.1, 0.15) is 11.6 Å². The number of amides is 1. The average Bonchev–Trinajstić information content (AvgIpc) is 3.32. The third kappa shape index (κ3) is 3.37. The predicted octanol–water partition coefficient (Wildman–Crippen LogP) is 3.16. The highest BCUT2D eigenvalue weighted by Crippen LogP contribution is 2.24. The van der Waals surface area contributed by atoms with Crippen LogP contribution in [0.15, 0.2) is 52.9 Å². The van der Waals surface area contributed by atoms with E-state index in [0.29, 0.717) is 35.1 Å². The molecule has 28 heavy (non-hydrogen) atoms. The molecule has 0 unspecified atom stereocenters. The summed E-state index contributed by atoms with van der Waals surface area (Å²) in [5, 5.41) is 7.38. The molecule has 0 aliphatic carbocycles. The van der Waals surface area contributed by atoms with Gasteiger partial charge in [0.25, 0.3) is 5.91 Å². The molecule has 4 aromatic rings. The zero-order chi connectivity index (χ0) is 19.7. The number of benzene rings is 1. The first-order valence-electron chi connectivity index (χ1n) is 8.37. The van der Waals surface area contributed by atoms with Crippen molar-refractivity contribution in [1.29, 1.82) is 0 Å². The van der Waals surface area contributed by atoms with Crippen LogP contribution in [0.25, 0.3) is 17.2 Å². The van der Waals surface area contributed by atoms with Crippen LogP contribution in [-0.2, 0) is 6.54 Å². The first-order chi connectivity index (χ1) is 13.5. The molecular weight excluding hydrogens is 382 g/mol. The quantitative estimate of drug-likeness (QED) is 0.535. The zero-order valence-corrected chi connectivity index (χ0v) is 15.6. The molecule has 0 spiro atoms. The Morgan fingerprint density at radius 2 is 2.11 bits per heavy atom. The number of nitrogens with one attached hydrogen (secondary N) is 1. The van der Waals surface area contributed by atoms with Gasteiger partial charge in [0.2, 0.25) is 5.82 Å². The number of furan rings is 1. The highest BCUT2D eigenvalue weighted by Gasteiger charge is 2.15. The van der Waals surface area contributed by atoms with Crippen LogP contribution in [-0.4, -0.2) is 27.6 Å². The minimum atomic E-state index is -0.286. The summed E-state index contributed by atoms with van der Waals surface area (Å²) in [7, 11) is 1.59. The van der Waals surface area contributed by atoms with Crippen molar-refractivity contribution in [1.82, 2.24) is 19.9 Å². The largest absolute Gasteiger partial charge is 0.496 e. The number of aromatic nitrogens is 3. The van der Waals surface area contributed by atoms with Crippen LogP contribution in [0.4, 0.5) is 5.82 Å². The lowest BCUT2D eigenvalue weighted by Crippen LogP contribution is -2.23. The lowest BCUT2D eigenvalue weighted by Gasteiger charge is -2.10. The molecule has 0 aliphatic heterocycles. The zero-order valence-electron chi connectivity index (χ0n) is 14.8. The molecular formula is C19H16ClN5O3. The Hall–Kier alpha value is -3.52. The van der Waals surface area contributed by atoms with E-state index in [2.05, 4.69) is 15.4 Å². The van der Waals surface area contributed by atoms with Gasteiger partial charge in [-0.15, -0.1) is 5.10 Å². The monoisotopic (exact) mass is 397 g/mol. The summed E-state index contributed by atoms with van der Waals surface area (Å²) in [5.74, 6) is 1.43. The van der Waals surface area contributed by atoms with Crippen LogP contribution in [0.3, 0.4) is 0 Å². The highest BCUT2D eigenvalue weighted by atomic mass is 35.5. The number of carbonyl (C=O) groups excluding carboxylic acids is 1. The van der Waals surface area contributed by atoms with Crippen LogP contribution in [0.2, 0.25) is 5.22 Å². The van der Waals surface area contributed by atoms with Gasteiger partial charge in [-0.2, -0.15) is 4.52 Å². The Morgan fingerprint density at radius 1 is 1.29 bits per heavy atom. The smallest absolute Gasteiger partial charge is 0.251 e. The molecule has 1 aromatic carbocycles. The topological polar surface area (TPSA) is 108 Å². The number of carbonyl (C=O) groups is 1. The molecule has 0 saturated heterocycles. The SMILES string of the molecule is COc1ccccc1CNC(=O)c1cc(N)n2nc(-c3ccc(Cl)o3)nc2c1. The molecule has 8 nitrogen and oxygen atoms in total. The summed E-state index contributed by atoms with van der Waals surface area (Å²) in [4.78, 5) is 17.0. The van der Waals surface area contributed by atoms with Crippen LogP contribution >= 0.6 is 11.6 Å². The number of anilines is 1. The van der Waals surface area contributed by atoms with Crippen molar-refractivity contribution < 1.29 is 13.9 Å². The van der Waals surface area contributed by atoms with E-state index < -0.39 is 0 Å². The van der Waals surface area contributed by atoms with E-state index in [0.717, 1.165) is 5.56 Å². The second-order valence-electron chi connectivity index (χ2n) is 5.97. The third-order valence-electron chi connectivity index (χ3n) is 4.15.